The molecule has 1 heterocycles. The lowest BCUT2D eigenvalue weighted by atomic mass is 10.1. The first-order valence-corrected chi connectivity index (χ1v) is 5.02. The maximum absolute atomic E-state index is 10.6. The van der Waals surface area contributed by atoms with Crippen LogP contribution in [0.25, 0.3) is 0 Å². The van der Waals surface area contributed by atoms with Gasteiger partial charge in [0, 0.05) is 0 Å². The minimum Gasteiger partial charge on any atom is -0.394 e. The summed E-state index contributed by atoms with van der Waals surface area (Å²) in [5.74, 6) is 0. The van der Waals surface area contributed by atoms with Crippen LogP contribution in [0.5, 0.6) is 0 Å². The second-order valence-electron chi connectivity index (χ2n) is 2.88. The molecule has 14 heavy (non-hydrogen) atoms. The van der Waals surface area contributed by atoms with Gasteiger partial charge in [-0.25, -0.2) is 0 Å². The van der Waals surface area contributed by atoms with E-state index in [9.17, 15) is 13.5 Å². The largest absolute Gasteiger partial charge is 0.394 e. The summed E-state index contributed by atoms with van der Waals surface area (Å²) in [6.07, 6.45) is -5.52. The molecule has 4 atom stereocenters. The molecule has 0 aliphatic carbocycles. The van der Waals surface area contributed by atoms with Gasteiger partial charge in [0.15, 0.2) is 6.10 Å². The molecular weight excluding hydrogens is 220 g/mol. The van der Waals surface area contributed by atoms with Crippen LogP contribution in [-0.2, 0) is 14.9 Å². The fourth-order valence-electron chi connectivity index (χ4n) is 1.13. The van der Waals surface area contributed by atoms with Gasteiger partial charge >= 0.3 is 15.2 Å². The van der Waals surface area contributed by atoms with Gasteiger partial charge in [0.25, 0.3) is 0 Å². The van der Waals surface area contributed by atoms with Gasteiger partial charge in [0.05, 0.1) is 6.61 Å². The van der Waals surface area contributed by atoms with Gasteiger partial charge in [0.1, 0.15) is 12.2 Å². The lowest BCUT2D eigenvalue weighted by Gasteiger charge is -2.21. The average molecular weight is 230 g/mol. The van der Waals surface area contributed by atoms with Gasteiger partial charge in [-0.2, -0.15) is 8.42 Å². The minimum atomic E-state index is -5.11. The van der Waals surface area contributed by atoms with Crippen molar-refractivity contribution in [1.29, 1.82) is 0 Å². The second kappa shape index (κ2) is 3.38. The van der Waals surface area contributed by atoms with Crippen molar-refractivity contribution in [2.75, 3.05) is 6.61 Å². The lowest BCUT2D eigenvalue weighted by Crippen LogP contribution is -2.49. The highest BCUT2D eigenvalue weighted by Gasteiger charge is 2.61. The predicted octanol–water partition coefficient (Wildman–Crippen LogP) is -3.37. The van der Waals surface area contributed by atoms with Crippen LogP contribution in [0.3, 0.4) is 0 Å². The summed E-state index contributed by atoms with van der Waals surface area (Å²) in [5.41, 5.74) is 0. The number of ether oxygens (including phenoxy) is 1. The van der Waals surface area contributed by atoms with E-state index >= 15 is 0 Å². The van der Waals surface area contributed by atoms with E-state index in [1.54, 1.807) is 0 Å². The molecule has 1 unspecified atom stereocenters. The van der Waals surface area contributed by atoms with Crippen LogP contribution in [0.2, 0.25) is 0 Å². The highest BCUT2D eigenvalue weighted by molar-refractivity contribution is 7.86. The number of aliphatic hydroxyl groups excluding tert-OH is 3. The molecule has 8 nitrogen and oxygen atoms in total. The summed E-state index contributed by atoms with van der Waals surface area (Å²) in [6.45, 7) is -0.809. The highest BCUT2D eigenvalue weighted by Crippen LogP contribution is 2.32. The van der Waals surface area contributed by atoms with Crippen molar-refractivity contribution in [3.8, 4) is 0 Å². The van der Waals surface area contributed by atoms with Crippen LogP contribution in [0.15, 0.2) is 0 Å². The normalized spacial score (nSPS) is 44.2. The van der Waals surface area contributed by atoms with E-state index in [1.165, 1.54) is 0 Å². The Morgan fingerprint density at radius 1 is 1.36 bits per heavy atom. The monoisotopic (exact) mass is 230 g/mol. The van der Waals surface area contributed by atoms with E-state index in [4.69, 9.17) is 19.9 Å². The van der Waals surface area contributed by atoms with Crippen molar-refractivity contribution in [1.82, 2.24) is 0 Å². The van der Waals surface area contributed by atoms with Crippen LogP contribution in [0.4, 0.5) is 0 Å². The smallest absolute Gasteiger partial charge is 0.327 e. The molecule has 0 aromatic heterocycles. The van der Waals surface area contributed by atoms with Gasteiger partial charge < -0.3 is 25.2 Å². The van der Waals surface area contributed by atoms with Crippen LogP contribution >= 0.6 is 0 Å². The molecule has 0 amide bonds. The zero-order valence-corrected chi connectivity index (χ0v) is 7.62. The Bertz CT molecular complexity index is 312. The first-order chi connectivity index (χ1) is 6.24. The van der Waals surface area contributed by atoms with Crippen LogP contribution < -0.4 is 0 Å². The maximum Gasteiger partial charge on any atom is 0.327 e. The molecule has 0 spiro atoms. The van der Waals surface area contributed by atoms with E-state index in [0.717, 1.165) is 0 Å². The Labute approximate surface area is 79.1 Å². The van der Waals surface area contributed by atoms with Gasteiger partial charge in [0.2, 0.25) is 0 Å². The van der Waals surface area contributed by atoms with Crippen LogP contribution in [0.1, 0.15) is 0 Å². The molecule has 9 heteroatoms. The van der Waals surface area contributed by atoms with Crippen LogP contribution in [0, 0.1) is 0 Å². The Morgan fingerprint density at radius 2 is 1.86 bits per heavy atom. The Hall–Kier alpha value is -0.290. The molecule has 0 radical (unpaired) electrons. The number of hydrogen-bond acceptors (Lipinski definition) is 7. The molecule has 84 valence electrons. The third-order valence-electron chi connectivity index (χ3n) is 1.95. The summed E-state index contributed by atoms with van der Waals surface area (Å²) >= 11 is 0. The van der Waals surface area contributed by atoms with Gasteiger partial charge in [-0.15, -0.1) is 0 Å². The predicted molar refractivity (Wildman–Crippen MR) is 40.5 cm³/mol. The number of hydrogen-bond donors (Lipinski definition) is 5. The van der Waals surface area contributed by atoms with Crippen molar-refractivity contribution in [2.45, 2.75) is 23.4 Å². The van der Waals surface area contributed by atoms with E-state index in [0.29, 0.717) is 0 Å². The summed E-state index contributed by atoms with van der Waals surface area (Å²) in [5, 5.41) is 32.6. The quantitative estimate of drug-likeness (QED) is 0.309. The average Bonchev–Trinajstić information content (AvgIpc) is 2.29. The molecule has 1 aliphatic heterocycles. The van der Waals surface area contributed by atoms with Gasteiger partial charge in [-0.3, -0.25) is 4.55 Å². The van der Waals surface area contributed by atoms with Crippen molar-refractivity contribution in [2.24, 2.45) is 0 Å². The zero-order chi connectivity index (χ0) is 11.1. The summed E-state index contributed by atoms with van der Waals surface area (Å²) in [4.78, 5) is 0. The van der Waals surface area contributed by atoms with Gasteiger partial charge in [-0.1, -0.05) is 0 Å². The lowest BCUT2D eigenvalue weighted by molar-refractivity contribution is -0.172. The SMILES string of the molecule is O=S(=O)(O)C1(O)O[C@H](CO)[C@@H](O)[C@H]1O. The molecule has 0 aromatic rings. The summed E-state index contributed by atoms with van der Waals surface area (Å²) in [7, 11) is -5.11. The van der Waals surface area contributed by atoms with Crippen molar-refractivity contribution < 1.29 is 38.1 Å². The number of aliphatic hydroxyl groups is 4. The Kier molecular flexibility index (Phi) is 2.84. The fourth-order valence-corrected chi connectivity index (χ4v) is 1.82. The molecule has 5 N–H and O–H groups in total. The Balaban J connectivity index is 3.06. The topological polar surface area (TPSA) is 145 Å². The molecule has 0 saturated carbocycles. The highest BCUT2D eigenvalue weighted by atomic mass is 32.2. The molecule has 0 aromatic carbocycles. The second-order valence-corrected chi connectivity index (χ2v) is 4.42. The first-order valence-electron chi connectivity index (χ1n) is 3.58. The van der Waals surface area contributed by atoms with E-state index in [2.05, 4.69) is 4.74 Å². The summed E-state index contributed by atoms with van der Waals surface area (Å²) < 4.78 is 34.0. The molecule has 1 rings (SSSR count). The summed E-state index contributed by atoms with van der Waals surface area (Å²) in [6, 6.07) is 0. The molecule has 1 saturated heterocycles. The van der Waals surface area contributed by atoms with E-state index in [-0.39, 0.29) is 0 Å². The molecule has 1 fully saturated rings. The first kappa shape index (κ1) is 11.8. The third kappa shape index (κ3) is 1.52. The van der Waals surface area contributed by atoms with Crippen molar-refractivity contribution in [3.63, 3.8) is 0 Å². The van der Waals surface area contributed by atoms with E-state index < -0.39 is 40.2 Å². The fraction of sp³-hybridized carbons (Fsp3) is 1.00. The maximum atomic E-state index is 10.6. The van der Waals surface area contributed by atoms with E-state index in [1.807, 2.05) is 0 Å². The zero-order valence-electron chi connectivity index (χ0n) is 6.81. The number of rotatable bonds is 2. The van der Waals surface area contributed by atoms with Crippen molar-refractivity contribution in [3.05, 3.63) is 0 Å². The van der Waals surface area contributed by atoms with Crippen molar-refractivity contribution >= 4 is 10.1 Å². The minimum absolute atomic E-state index is 0.809. The molecule has 0 bridgehead atoms. The third-order valence-corrected chi connectivity index (χ3v) is 3.02. The Morgan fingerprint density at radius 3 is 2.07 bits per heavy atom. The molecule has 1 aliphatic rings. The standard InChI is InChI=1S/C5H10O8S/c6-1-2-3(7)4(8)5(9,13-2)14(10,11)12/h2-4,6-9H,1H2,(H,10,11,12)/t2-,3-,4-,5?/m1/s1. The van der Waals surface area contributed by atoms with Gasteiger partial charge in [-0.05, 0) is 0 Å². The molecular formula is C5H10O8S. The van der Waals surface area contributed by atoms with Crippen LogP contribution in [-0.4, -0.2) is 63.4 Å².